The van der Waals surface area contributed by atoms with Gasteiger partial charge in [0.2, 0.25) is 0 Å². The lowest BCUT2D eigenvalue weighted by molar-refractivity contribution is 0.0707. The third kappa shape index (κ3) is 2.14. The molecule has 5 nitrogen and oxygen atoms in total. The van der Waals surface area contributed by atoms with Crippen LogP contribution in [0, 0.1) is 0 Å². The average Bonchev–Trinajstić information content (AvgIpc) is 2.29. The molecule has 1 saturated heterocycles. The van der Waals surface area contributed by atoms with Crippen molar-refractivity contribution in [3.8, 4) is 0 Å². The molecule has 0 spiro atoms. The molecule has 0 unspecified atom stereocenters. The zero-order valence-corrected chi connectivity index (χ0v) is 9.19. The first-order valence-electron chi connectivity index (χ1n) is 5.39. The molecule has 0 aliphatic carbocycles. The fraction of sp³-hybridized carbons (Fsp3) is 0.455. The molecule has 0 aromatic carbocycles. The molecule has 2 heterocycles. The summed E-state index contributed by atoms with van der Waals surface area (Å²) in [5.74, 6) is -0.185. The largest absolute Gasteiger partial charge is 0.336 e. The number of aromatic amines is 1. The van der Waals surface area contributed by atoms with Crippen LogP contribution >= 0.6 is 0 Å². The van der Waals surface area contributed by atoms with Gasteiger partial charge >= 0.3 is 0 Å². The zero-order chi connectivity index (χ0) is 11.5. The minimum Gasteiger partial charge on any atom is -0.336 e. The summed E-state index contributed by atoms with van der Waals surface area (Å²) in [6.07, 6.45) is 1.53. The van der Waals surface area contributed by atoms with E-state index in [2.05, 4.69) is 10.3 Å². The maximum absolute atomic E-state index is 12.0. The van der Waals surface area contributed by atoms with Gasteiger partial charge in [-0.05, 0) is 19.1 Å². The number of piperazine rings is 1. The normalized spacial score (nSPS) is 20.8. The highest BCUT2D eigenvalue weighted by molar-refractivity contribution is 5.93. The monoisotopic (exact) mass is 221 g/mol. The highest BCUT2D eigenvalue weighted by Crippen LogP contribution is 2.03. The molecule has 1 amide bonds. The molecular formula is C11H15N3O2. The zero-order valence-electron chi connectivity index (χ0n) is 9.19. The molecule has 1 fully saturated rings. The Balaban J connectivity index is 2.19. The Morgan fingerprint density at radius 1 is 1.56 bits per heavy atom. The second kappa shape index (κ2) is 4.49. The van der Waals surface area contributed by atoms with E-state index in [0.717, 1.165) is 6.54 Å². The van der Waals surface area contributed by atoms with Crippen molar-refractivity contribution in [2.45, 2.75) is 13.0 Å². The Morgan fingerprint density at radius 3 is 3.06 bits per heavy atom. The van der Waals surface area contributed by atoms with Gasteiger partial charge in [0, 0.05) is 31.9 Å². The van der Waals surface area contributed by atoms with Crippen molar-refractivity contribution < 1.29 is 4.79 Å². The number of hydrogen-bond donors (Lipinski definition) is 2. The van der Waals surface area contributed by atoms with Gasteiger partial charge in [-0.25, -0.2) is 0 Å². The number of nitrogens with one attached hydrogen (secondary N) is 2. The number of carbonyl (C=O) groups is 1. The number of pyridine rings is 1. The molecule has 5 heteroatoms. The molecular weight excluding hydrogens is 206 g/mol. The van der Waals surface area contributed by atoms with Gasteiger partial charge in [-0.1, -0.05) is 0 Å². The highest BCUT2D eigenvalue weighted by Gasteiger charge is 2.22. The standard InChI is InChI=1S/C11H15N3O2/c1-8-7-14(6-5-12-8)11(16)9-3-2-4-13-10(9)15/h2-4,8,12H,5-7H2,1H3,(H,13,15)/t8-/m0/s1. The van der Waals surface area contributed by atoms with Crippen molar-refractivity contribution in [1.29, 1.82) is 0 Å². The molecule has 2 rings (SSSR count). The number of carbonyl (C=O) groups excluding carboxylic acids is 1. The van der Waals surface area contributed by atoms with Crippen molar-refractivity contribution in [1.82, 2.24) is 15.2 Å². The Labute approximate surface area is 93.5 Å². The van der Waals surface area contributed by atoms with E-state index in [9.17, 15) is 9.59 Å². The molecule has 1 atom stereocenters. The number of rotatable bonds is 1. The molecule has 0 saturated carbocycles. The first-order chi connectivity index (χ1) is 7.68. The Bertz CT molecular complexity index is 441. The lowest BCUT2D eigenvalue weighted by Gasteiger charge is -2.31. The van der Waals surface area contributed by atoms with E-state index in [0.29, 0.717) is 13.1 Å². The Morgan fingerprint density at radius 2 is 2.38 bits per heavy atom. The molecule has 1 aliphatic heterocycles. The van der Waals surface area contributed by atoms with Crippen LogP contribution in [0.5, 0.6) is 0 Å². The van der Waals surface area contributed by atoms with Crippen LogP contribution in [0.3, 0.4) is 0 Å². The van der Waals surface area contributed by atoms with Crippen LogP contribution in [0.15, 0.2) is 23.1 Å². The van der Waals surface area contributed by atoms with Gasteiger partial charge in [-0.15, -0.1) is 0 Å². The van der Waals surface area contributed by atoms with Crippen molar-refractivity contribution in [2.24, 2.45) is 0 Å². The van der Waals surface area contributed by atoms with Crippen LogP contribution in [0.1, 0.15) is 17.3 Å². The Hall–Kier alpha value is -1.62. The van der Waals surface area contributed by atoms with Crippen LogP contribution in [-0.4, -0.2) is 41.5 Å². The van der Waals surface area contributed by atoms with E-state index >= 15 is 0 Å². The van der Waals surface area contributed by atoms with Crippen LogP contribution in [0.4, 0.5) is 0 Å². The topological polar surface area (TPSA) is 65.2 Å². The van der Waals surface area contributed by atoms with Crippen LogP contribution in [-0.2, 0) is 0 Å². The van der Waals surface area contributed by atoms with Gasteiger partial charge in [0.15, 0.2) is 0 Å². The Kier molecular flexibility index (Phi) is 3.05. The van der Waals surface area contributed by atoms with Gasteiger partial charge in [-0.3, -0.25) is 9.59 Å². The fourth-order valence-corrected chi connectivity index (χ4v) is 1.88. The highest BCUT2D eigenvalue weighted by atomic mass is 16.2. The third-order valence-electron chi connectivity index (χ3n) is 2.70. The second-order valence-corrected chi connectivity index (χ2v) is 4.02. The molecule has 2 N–H and O–H groups in total. The molecule has 16 heavy (non-hydrogen) atoms. The summed E-state index contributed by atoms with van der Waals surface area (Å²) in [5.41, 5.74) is -0.102. The lowest BCUT2D eigenvalue weighted by atomic mass is 10.2. The van der Waals surface area contributed by atoms with Crippen molar-refractivity contribution in [3.63, 3.8) is 0 Å². The molecule has 1 aromatic rings. The molecule has 86 valence electrons. The number of hydrogen-bond acceptors (Lipinski definition) is 3. The predicted molar refractivity (Wildman–Crippen MR) is 60.4 cm³/mol. The van der Waals surface area contributed by atoms with Gasteiger partial charge in [0.05, 0.1) is 0 Å². The summed E-state index contributed by atoms with van der Waals surface area (Å²) < 4.78 is 0. The summed E-state index contributed by atoms with van der Waals surface area (Å²) in [5, 5.41) is 3.25. The van der Waals surface area contributed by atoms with Gasteiger partial charge in [0.25, 0.3) is 11.5 Å². The van der Waals surface area contributed by atoms with E-state index in [1.54, 1.807) is 17.0 Å². The summed E-state index contributed by atoms with van der Waals surface area (Å²) in [6, 6.07) is 3.51. The van der Waals surface area contributed by atoms with Crippen molar-refractivity contribution in [2.75, 3.05) is 19.6 Å². The predicted octanol–water partition coefficient (Wildman–Crippen LogP) is -0.191. The average molecular weight is 221 g/mol. The van der Waals surface area contributed by atoms with Crippen LogP contribution in [0.25, 0.3) is 0 Å². The molecule has 0 radical (unpaired) electrons. The van der Waals surface area contributed by atoms with E-state index < -0.39 is 0 Å². The molecule has 0 bridgehead atoms. The first-order valence-corrected chi connectivity index (χ1v) is 5.39. The maximum Gasteiger partial charge on any atom is 0.260 e. The van der Waals surface area contributed by atoms with Crippen molar-refractivity contribution >= 4 is 5.91 Å². The summed E-state index contributed by atoms with van der Waals surface area (Å²) in [4.78, 5) is 27.7. The summed E-state index contributed by atoms with van der Waals surface area (Å²) in [7, 11) is 0. The fourth-order valence-electron chi connectivity index (χ4n) is 1.88. The van der Waals surface area contributed by atoms with E-state index in [4.69, 9.17) is 0 Å². The smallest absolute Gasteiger partial charge is 0.260 e. The van der Waals surface area contributed by atoms with E-state index in [1.807, 2.05) is 6.92 Å². The first kappa shape index (κ1) is 10.9. The van der Waals surface area contributed by atoms with E-state index in [-0.39, 0.29) is 23.1 Å². The maximum atomic E-state index is 12.0. The number of H-pyrrole nitrogens is 1. The summed E-state index contributed by atoms with van der Waals surface area (Å²) in [6.45, 7) is 4.09. The minimum absolute atomic E-state index is 0.185. The quantitative estimate of drug-likeness (QED) is 0.690. The second-order valence-electron chi connectivity index (χ2n) is 4.02. The third-order valence-corrected chi connectivity index (χ3v) is 2.70. The lowest BCUT2D eigenvalue weighted by Crippen LogP contribution is -2.52. The SMILES string of the molecule is C[C@H]1CN(C(=O)c2ccc[nH]c2=O)CCN1. The number of aromatic nitrogens is 1. The molecule has 1 aromatic heterocycles. The summed E-state index contributed by atoms with van der Waals surface area (Å²) >= 11 is 0. The van der Waals surface area contributed by atoms with Gasteiger partial charge in [-0.2, -0.15) is 0 Å². The van der Waals surface area contributed by atoms with Crippen molar-refractivity contribution in [3.05, 3.63) is 34.2 Å². The van der Waals surface area contributed by atoms with E-state index in [1.165, 1.54) is 6.20 Å². The van der Waals surface area contributed by atoms with Crippen LogP contribution < -0.4 is 10.9 Å². The number of amides is 1. The minimum atomic E-state index is -0.321. The molecule has 1 aliphatic rings. The van der Waals surface area contributed by atoms with Gasteiger partial charge in [0.1, 0.15) is 5.56 Å². The van der Waals surface area contributed by atoms with Crippen LogP contribution in [0.2, 0.25) is 0 Å². The van der Waals surface area contributed by atoms with Gasteiger partial charge < -0.3 is 15.2 Å². The number of nitrogens with zero attached hydrogens (tertiary/aromatic N) is 1.